The van der Waals surface area contributed by atoms with E-state index < -0.39 is 0 Å². The zero-order valence-electron chi connectivity index (χ0n) is 12.2. The molecule has 22 heavy (non-hydrogen) atoms. The van der Waals surface area contributed by atoms with Gasteiger partial charge >= 0.3 is 0 Å². The van der Waals surface area contributed by atoms with Crippen LogP contribution in [-0.2, 0) is 6.54 Å². The predicted molar refractivity (Wildman–Crippen MR) is 84.3 cm³/mol. The predicted octanol–water partition coefficient (Wildman–Crippen LogP) is 3.58. The summed E-state index contributed by atoms with van der Waals surface area (Å²) >= 11 is 0. The monoisotopic (exact) mass is 292 g/mol. The molecule has 2 aromatic heterocycles. The van der Waals surface area contributed by atoms with Crippen LogP contribution in [0.3, 0.4) is 0 Å². The lowest BCUT2D eigenvalue weighted by atomic mass is 10.1. The Kier molecular flexibility index (Phi) is 4.01. The second-order valence-electron chi connectivity index (χ2n) is 5.03. The van der Waals surface area contributed by atoms with E-state index in [9.17, 15) is 4.79 Å². The highest BCUT2D eigenvalue weighted by molar-refractivity contribution is 5.91. The van der Waals surface area contributed by atoms with E-state index in [4.69, 9.17) is 4.42 Å². The van der Waals surface area contributed by atoms with Gasteiger partial charge in [0.1, 0.15) is 5.76 Å². The van der Waals surface area contributed by atoms with Crippen molar-refractivity contribution in [2.45, 2.75) is 13.5 Å². The molecule has 2 heterocycles. The van der Waals surface area contributed by atoms with Crippen molar-refractivity contribution in [3.05, 3.63) is 78.0 Å². The standard InChI is InChI=1S/C18H16N2O2/c1-13-4-9-17(22-13)18(21)20-11-14-5-7-15(8-6-14)16-3-2-10-19-12-16/h2-10,12H,11H2,1H3,(H,20,21). The number of rotatable bonds is 4. The lowest BCUT2D eigenvalue weighted by molar-refractivity contribution is 0.0922. The highest BCUT2D eigenvalue weighted by atomic mass is 16.3. The average molecular weight is 292 g/mol. The summed E-state index contributed by atoms with van der Waals surface area (Å²) in [5.74, 6) is 0.861. The molecule has 110 valence electrons. The molecule has 0 saturated carbocycles. The molecule has 4 nitrogen and oxygen atoms in total. The van der Waals surface area contributed by atoms with E-state index in [2.05, 4.69) is 10.3 Å². The number of pyridine rings is 1. The summed E-state index contributed by atoms with van der Waals surface area (Å²) in [5.41, 5.74) is 3.21. The molecular formula is C18H16N2O2. The largest absolute Gasteiger partial charge is 0.456 e. The Balaban J connectivity index is 1.63. The fourth-order valence-corrected chi connectivity index (χ4v) is 2.17. The normalized spacial score (nSPS) is 10.4. The number of aryl methyl sites for hydroxylation is 1. The lowest BCUT2D eigenvalue weighted by Gasteiger charge is -2.05. The van der Waals surface area contributed by atoms with Crippen LogP contribution in [0, 0.1) is 6.92 Å². The molecule has 0 unspecified atom stereocenters. The van der Waals surface area contributed by atoms with Crippen LogP contribution in [0.1, 0.15) is 21.9 Å². The van der Waals surface area contributed by atoms with Gasteiger partial charge in [-0.1, -0.05) is 30.3 Å². The summed E-state index contributed by atoms with van der Waals surface area (Å²) in [6, 6.07) is 15.4. The third-order valence-electron chi connectivity index (χ3n) is 3.37. The van der Waals surface area contributed by atoms with Gasteiger partial charge in [-0.25, -0.2) is 0 Å². The molecular weight excluding hydrogens is 276 g/mol. The summed E-state index contributed by atoms with van der Waals surface area (Å²) in [7, 11) is 0. The van der Waals surface area contributed by atoms with Crippen LogP contribution in [0.4, 0.5) is 0 Å². The minimum absolute atomic E-state index is 0.204. The first-order valence-electron chi connectivity index (χ1n) is 7.06. The molecule has 0 aliphatic heterocycles. The third-order valence-corrected chi connectivity index (χ3v) is 3.37. The van der Waals surface area contributed by atoms with Crippen molar-refractivity contribution in [3.63, 3.8) is 0 Å². The SMILES string of the molecule is Cc1ccc(C(=O)NCc2ccc(-c3cccnc3)cc2)o1. The molecule has 0 bridgehead atoms. The first-order chi connectivity index (χ1) is 10.7. The summed E-state index contributed by atoms with van der Waals surface area (Å²) < 4.78 is 5.29. The second-order valence-corrected chi connectivity index (χ2v) is 5.03. The van der Waals surface area contributed by atoms with E-state index in [-0.39, 0.29) is 5.91 Å². The molecule has 1 aromatic carbocycles. The van der Waals surface area contributed by atoms with E-state index in [0.29, 0.717) is 12.3 Å². The minimum Gasteiger partial charge on any atom is -0.456 e. The molecule has 0 radical (unpaired) electrons. The smallest absolute Gasteiger partial charge is 0.287 e. The first-order valence-corrected chi connectivity index (χ1v) is 7.06. The van der Waals surface area contributed by atoms with E-state index in [1.165, 1.54) is 0 Å². The van der Waals surface area contributed by atoms with Crippen LogP contribution in [-0.4, -0.2) is 10.9 Å². The molecule has 0 spiro atoms. The minimum atomic E-state index is -0.204. The first kappa shape index (κ1) is 14.1. The van der Waals surface area contributed by atoms with Gasteiger partial charge in [-0.2, -0.15) is 0 Å². The Bertz CT molecular complexity index is 761. The number of hydrogen-bond donors (Lipinski definition) is 1. The van der Waals surface area contributed by atoms with E-state index in [1.807, 2.05) is 49.5 Å². The van der Waals surface area contributed by atoms with Crippen LogP contribution < -0.4 is 5.32 Å². The molecule has 0 atom stereocenters. The number of aromatic nitrogens is 1. The van der Waals surface area contributed by atoms with Gasteiger partial charge in [0.05, 0.1) is 0 Å². The molecule has 1 amide bonds. The van der Waals surface area contributed by atoms with Gasteiger partial charge in [-0.05, 0) is 41.8 Å². The van der Waals surface area contributed by atoms with Crippen molar-refractivity contribution in [3.8, 4) is 11.1 Å². The topological polar surface area (TPSA) is 55.1 Å². The third kappa shape index (κ3) is 3.23. The number of benzene rings is 1. The number of furan rings is 1. The Morgan fingerprint density at radius 1 is 1.09 bits per heavy atom. The lowest BCUT2D eigenvalue weighted by Crippen LogP contribution is -2.22. The highest BCUT2D eigenvalue weighted by Crippen LogP contribution is 2.18. The van der Waals surface area contributed by atoms with Crippen molar-refractivity contribution >= 4 is 5.91 Å². The van der Waals surface area contributed by atoms with Gasteiger partial charge in [0.25, 0.3) is 5.91 Å². The summed E-state index contributed by atoms with van der Waals surface area (Å²) in [6.45, 7) is 2.28. The summed E-state index contributed by atoms with van der Waals surface area (Å²) in [6.07, 6.45) is 3.58. The maximum absolute atomic E-state index is 11.9. The molecule has 1 N–H and O–H groups in total. The van der Waals surface area contributed by atoms with Crippen molar-refractivity contribution in [2.75, 3.05) is 0 Å². The summed E-state index contributed by atoms with van der Waals surface area (Å²) in [4.78, 5) is 16.0. The Morgan fingerprint density at radius 2 is 1.91 bits per heavy atom. The van der Waals surface area contributed by atoms with Gasteiger partial charge in [-0.15, -0.1) is 0 Å². The van der Waals surface area contributed by atoms with Crippen molar-refractivity contribution in [1.82, 2.24) is 10.3 Å². The molecule has 3 rings (SSSR count). The van der Waals surface area contributed by atoms with Crippen LogP contribution >= 0.6 is 0 Å². The van der Waals surface area contributed by atoms with Gasteiger partial charge in [-0.3, -0.25) is 9.78 Å². The molecule has 4 heteroatoms. The zero-order valence-corrected chi connectivity index (χ0v) is 12.2. The maximum Gasteiger partial charge on any atom is 0.287 e. The number of carbonyl (C=O) groups excluding carboxylic acids is 1. The van der Waals surface area contributed by atoms with Crippen LogP contribution in [0.5, 0.6) is 0 Å². The molecule has 0 aliphatic carbocycles. The van der Waals surface area contributed by atoms with Crippen molar-refractivity contribution in [1.29, 1.82) is 0 Å². The maximum atomic E-state index is 11.9. The van der Waals surface area contributed by atoms with Gasteiger partial charge in [0.15, 0.2) is 5.76 Å². The molecule has 0 aliphatic rings. The number of hydrogen-bond acceptors (Lipinski definition) is 3. The Labute approximate surface area is 128 Å². The average Bonchev–Trinajstić information content (AvgIpc) is 3.00. The van der Waals surface area contributed by atoms with Gasteiger partial charge < -0.3 is 9.73 Å². The van der Waals surface area contributed by atoms with E-state index in [0.717, 1.165) is 22.5 Å². The van der Waals surface area contributed by atoms with Crippen LogP contribution in [0.15, 0.2) is 65.3 Å². The molecule has 0 saturated heterocycles. The van der Waals surface area contributed by atoms with Crippen molar-refractivity contribution < 1.29 is 9.21 Å². The van der Waals surface area contributed by atoms with Crippen LogP contribution in [0.2, 0.25) is 0 Å². The van der Waals surface area contributed by atoms with E-state index >= 15 is 0 Å². The van der Waals surface area contributed by atoms with E-state index in [1.54, 1.807) is 18.3 Å². The number of nitrogens with zero attached hydrogens (tertiary/aromatic N) is 1. The Hall–Kier alpha value is -2.88. The number of carbonyl (C=O) groups is 1. The fourth-order valence-electron chi connectivity index (χ4n) is 2.17. The molecule has 3 aromatic rings. The van der Waals surface area contributed by atoms with Crippen LogP contribution in [0.25, 0.3) is 11.1 Å². The zero-order chi connectivity index (χ0) is 15.4. The van der Waals surface area contributed by atoms with Gasteiger partial charge in [0.2, 0.25) is 0 Å². The number of nitrogens with one attached hydrogen (secondary N) is 1. The Morgan fingerprint density at radius 3 is 2.55 bits per heavy atom. The number of amides is 1. The second kappa shape index (κ2) is 6.26. The highest BCUT2D eigenvalue weighted by Gasteiger charge is 2.09. The fraction of sp³-hybridized carbons (Fsp3) is 0.111. The van der Waals surface area contributed by atoms with Gasteiger partial charge in [0, 0.05) is 18.9 Å². The van der Waals surface area contributed by atoms with Crippen molar-refractivity contribution in [2.24, 2.45) is 0 Å². The summed E-state index contributed by atoms with van der Waals surface area (Å²) in [5, 5.41) is 2.84. The molecule has 0 fully saturated rings. The quantitative estimate of drug-likeness (QED) is 0.799.